The highest BCUT2D eigenvalue weighted by atomic mass is 32.1. The third kappa shape index (κ3) is 4.28. The van der Waals surface area contributed by atoms with Gasteiger partial charge in [0.15, 0.2) is 5.13 Å². The Labute approximate surface area is 178 Å². The molecule has 0 spiro atoms. The molecule has 2 amide bonds. The zero-order valence-electron chi connectivity index (χ0n) is 16.5. The van der Waals surface area contributed by atoms with Gasteiger partial charge < -0.3 is 11.1 Å². The van der Waals surface area contributed by atoms with Crippen molar-refractivity contribution in [3.63, 3.8) is 0 Å². The first kappa shape index (κ1) is 19.9. The number of hydrogen-bond acceptors (Lipinski definition) is 6. The van der Waals surface area contributed by atoms with Crippen LogP contribution in [0.25, 0.3) is 16.8 Å². The number of aromatic nitrogens is 3. The number of carbonyl (C=O) groups is 2. The van der Waals surface area contributed by atoms with Crippen LogP contribution in [0.3, 0.4) is 0 Å². The van der Waals surface area contributed by atoms with E-state index in [1.54, 1.807) is 35.9 Å². The molecule has 3 heterocycles. The van der Waals surface area contributed by atoms with Crippen LogP contribution < -0.4 is 11.1 Å². The van der Waals surface area contributed by atoms with Crippen LogP contribution in [0.1, 0.15) is 47.7 Å². The Morgan fingerprint density at radius 3 is 2.67 bits per heavy atom. The zero-order valence-corrected chi connectivity index (χ0v) is 17.3. The van der Waals surface area contributed by atoms with Crippen molar-refractivity contribution in [2.45, 2.75) is 31.6 Å². The van der Waals surface area contributed by atoms with Crippen molar-refractivity contribution in [3.8, 4) is 11.3 Å². The molecule has 1 aliphatic rings. The zero-order chi connectivity index (χ0) is 21.3. The number of nitrogens with one attached hydrogen (secondary N) is 1. The number of primary amides is 1. The third-order valence-electron chi connectivity index (χ3n) is 5.08. The van der Waals surface area contributed by atoms with Crippen molar-refractivity contribution >= 4 is 33.9 Å². The number of amides is 2. The predicted octanol–water partition coefficient (Wildman–Crippen LogP) is 3.72. The maximum absolute atomic E-state index is 12.7. The van der Waals surface area contributed by atoms with Crippen molar-refractivity contribution in [2.75, 3.05) is 5.32 Å². The molecule has 4 rings (SSSR count). The lowest BCUT2D eigenvalue weighted by molar-refractivity contribution is -0.117. The van der Waals surface area contributed by atoms with E-state index in [0.29, 0.717) is 22.4 Å². The van der Waals surface area contributed by atoms with E-state index in [0.717, 1.165) is 11.1 Å². The minimum atomic E-state index is -0.611. The molecule has 1 saturated carbocycles. The Hall–Kier alpha value is -3.39. The van der Waals surface area contributed by atoms with E-state index in [2.05, 4.69) is 26.8 Å². The molecule has 0 saturated heterocycles. The molecule has 0 radical (unpaired) electrons. The maximum Gasteiger partial charge on any atom is 0.250 e. The van der Waals surface area contributed by atoms with Gasteiger partial charge in [0.1, 0.15) is 0 Å². The molecular weight excluding hydrogens is 398 g/mol. The van der Waals surface area contributed by atoms with Crippen molar-refractivity contribution in [1.82, 2.24) is 15.0 Å². The highest BCUT2D eigenvalue weighted by Gasteiger charge is 2.26. The van der Waals surface area contributed by atoms with Crippen molar-refractivity contribution in [1.29, 1.82) is 0 Å². The standard InChI is InChI=1S/C22H21N5O2S/c1-12(21(29)27-22-26-11-19(30-22)14-3-4-14)15-7-8-24-18(9-15)16-5-6-17(25-10-16)13(2)20(23)28/h5-12,14H,2-4H2,1H3,(H2,23,28)(H,26,27,29). The second-order valence-corrected chi connectivity index (χ2v) is 8.36. The van der Waals surface area contributed by atoms with Gasteiger partial charge in [-0.25, -0.2) is 4.98 Å². The Morgan fingerprint density at radius 1 is 1.20 bits per heavy atom. The number of rotatable bonds is 7. The first-order valence-electron chi connectivity index (χ1n) is 9.60. The van der Waals surface area contributed by atoms with Gasteiger partial charge in [-0.1, -0.05) is 6.58 Å². The van der Waals surface area contributed by atoms with E-state index in [9.17, 15) is 9.59 Å². The second kappa shape index (κ2) is 8.16. The van der Waals surface area contributed by atoms with Crippen LogP contribution in [-0.2, 0) is 9.59 Å². The molecule has 1 aliphatic carbocycles. The number of thiazole rings is 1. The average molecular weight is 420 g/mol. The highest BCUT2D eigenvalue weighted by molar-refractivity contribution is 7.15. The molecule has 30 heavy (non-hydrogen) atoms. The lowest BCUT2D eigenvalue weighted by atomic mass is 9.99. The van der Waals surface area contributed by atoms with Crippen LogP contribution in [0.2, 0.25) is 0 Å². The van der Waals surface area contributed by atoms with Crippen LogP contribution in [0.4, 0.5) is 5.13 Å². The minimum absolute atomic E-state index is 0.116. The summed E-state index contributed by atoms with van der Waals surface area (Å²) in [7, 11) is 0. The monoisotopic (exact) mass is 419 g/mol. The van der Waals surface area contributed by atoms with E-state index in [1.807, 2.05) is 25.3 Å². The number of nitrogens with zero attached hydrogens (tertiary/aromatic N) is 3. The van der Waals surface area contributed by atoms with E-state index < -0.39 is 5.91 Å². The van der Waals surface area contributed by atoms with Gasteiger partial charge in [0.05, 0.1) is 22.9 Å². The molecule has 0 bridgehead atoms. The fourth-order valence-corrected chi connectivity index (χ4v) is 3.98. The van der Waals surface area contributed by atoms with Gasteiger partial charge in [-0.05, 0) is 55.5 Å². The van der Waals surface area contributed by atoms with Crippen LogP contribution in [0, 0.1) is 0 Å². The van der Waals surface area contributed by atoms with Crippen molar-refractivity contribution in [3.05, 3.63) is 65.6 Å². The van der Waals surface area contributed by atoms with Crippen molar-refractivity contribution in [2.24, 2.45) is 5.73 Å². The molecule has 1 fully saturated rings. The number of carbonyl (C=O) groups excluding carboxylic acids is 2. The van der Waals surface area contributed by atoms with E-state index in [4.69, 9.17) is 5.73 Å². The molecule has 1 atom stereocenters. The van der Waals surface area contributed by atoms with Crippen LogP contribution in [-0.4, -0.2) is 26.8 Å². The number of nitrogens with two attached hydrogens (primary N) is 1. The number of anilines is 1. The summed E-state index contributed by atoms with van der Waals surface area (Å²) < 4.78 is 0. The minimum Gasteiger partial charge on any atom is -0.366 e. The smallest absolute Gasteiger partial charge is 0.250 e. The molecule has 1 unspecified atom stereocenters. The van der Waals surface area contributed by atoms with Crippen LogP contribution >= 0.6 is 11.3 Å². The van der Waals surface area contributed by atoms with Gasteiger partial charge in [0, 0.05) is 29.0 Å². The van der Waals surface area contributed by atoms with Gasteiger partial charge in [0.2, 0.25) is 11.8 Å². The van der Waals surface area contributed by atoms with Gasteiger partial charge in [0.25, 0.3) is 0 Å². The van der Waals surface area contributed by atoms with Gasteiger partial charge in [-0.15, -0.1) is 11.3 Å². The molecule has 3 aromatic heterocycles. The van der Waals surface area contributed by atoms with E-state index >= 15 is 0 Å². The van der Waals surface area contributed by atoms with E-state index in [-0.39, 0.29) is 17.4 Å². The summed E-state index contributed by atoms with van der Waals surface area (Å²) >= 11 is 1.55. The SMILES string of the molecule is C=C(C(N)=O)c1ccc(-c2cc(C(C)C(=O)Nc3ncc(C4CC4)s3)ccn2)cn1. The Bertz CT molecular complexity index is 1120. The molecule has 152 valence electrons. The van der Waals surface area contributed by atoms with Crippen LogP contribution in [0.15, 0.2) is 49.4 Å². The largest absolute Gasteiger partial charge is 0.366 e. The molecule has 3 aromatic rings. The molecule has 8 heteroatoms. The number of pyridine rings is 2. The average Bonchev–Trinajstić information content (AvgIpc) is 3.51. The molecule has 0 aromatic carbocycles. The Kier molecular flexibility index (Phi) is 5.41. The second-order valence-electron chi connectivity index (χ2n) is 7.30. The fraction of sp³-hybridized carbons (Fsp3) is 0.227. The van der Waals surface area contributed by atoms with Gasteiger partial charge >= 0.3 is 0 Å². The summed E-state index contributed by atoms with van der Waals surface area (Å²) in [6, 6.07) is 7.15. The quantitative estimate of drug-likeness (QED) is 0.567. The normalized spacial score (nSPS) is 14.2. The summed E-state index contributed by atoms with van der Waals surface area (Å²) in [6.45, 7) is 5.48. The maximum atomic E-state index is 12.7. The van der Waals surface area contributed by atoms with Crippen molar-refractivity contribution < 1.29 is 9.59 Å². The summed E-state index contributed by atoms with van der Waals surface area (Å²) in [5, 5.41) is 3.55. The first-order valence-corrected chi connectivity index (χ1v) is 10.4. The first-order chi connectivity index (χ1) is 14.4. The highest BCUT2D eigenvalue weighted by Crippen LogP contribution is 2.43. The number of hydrogen-bond donors (Lipinski definition) is 2. The topological polar surface area (TPSA) is 111 Å². The van der Waals surface area contributed by atoms with Gasteiger partial charge in [-0.2, -0.15) is 0 Å². The fourth-order valence-electron chi connectivity index (χ4n) is 2.99. The summed E-state index contributed by atoms with van der Waals surface area (Å²) in [6.07, 6.45) is 7.54. The van der Waals surface area contributed by atoms with Gasteiger partial charge in [-0.3, -0.25) is 19.6 Å². The molecule has 0 aliphatic heterocycles. The van der Waals surface area contributed by atoms with Crippen LogP contribution in [0.5, 0.6) is 0 Å². The molecular formula is C22H21N5O2S. The molecule has 7 nitrogen and oxygen atoms in total. The lowest BCUT2D eigenvalue weighted by Gasteiger charge is -2.12. The molecule has 3 N–H and O–H groups in total. The third-order valence-corrected chi connectivity index (χ3v) is 6.15. The predicted molar refractivity (Wildman–Crippen MR) is 117 cm³/mol. The summed E-state index contributed by atoms with van der Waals surface area (Å²) in [5.74, 6) is -0.481. The Balaban J connectivity index is 1.48. The summed E-state index contributed by atoms with van der Waals surface area (Å²) in [4.78, 5) is 38.1. The van der Waals surface area contributed by atoms with E-state index in [1.165, 1.54) is 17.7 Å². The summed E-state index contributed by atoms with van der Waals surface area (Å²) in [5.41, 5.74) is 8.09. The Morgan fingerprint density at radius 2 is 2.00 bits per heavy atom. The lowest BCUT2D eigenvalue weighted by Crippen LogP contribution is -2.18.